The number of anilines is 2. The number of likely N-dealkylation sites (N-methyl/N-ethyl adjacent to an activating group) is 1. The summed E-state index contributed by atoms with van der Waals surface area (Å²) < 4.78 is 21.8. The molecule has 2 aromatic heterocycles. The van der Waals surface area contributed by atoms with Crippen molar-refractivity contribution < 1.29 is 9.13 Å². The van der Waals surface area contributed by atoms with Crippen LogP contribution in [0.5, 0.6) is 0 Å². The number of hydrogen-bond acceptors (Lipinski definition) is 7. The molecule has 0 N–H and O–H groups in total. The molecule has 3 heterocycles. The Hall–Kier alpha value is -2.55. The SMILES string of the molecule is CCc1ncnc(N2CCO[C@@H](CN(C)c3nccn(C)c3=O)C2)c1F. The lowest BCUT2D eigenvalue weighted by Crippen LogP contribution is -2.48. The van der Waals surface area contributed by atoms with Gasteiger partial charge in [-0.25, -0.2) is 19.3 Å². The third-order valence-corrected chi connectivity index (χ3v) is 4.45. The third kappa shape index (κ3) is 3.67. The third-order valence-electron chi connectivity index (χ3n) is 4.45. The summed E-state index contributed by atoms with van der Waals surface area (Å²) in [6, 6.07) is 0. The lowest BCUT2D eigenvalue weighted by molar-refractivity contribution is 0.0452. The van der Waals surface area contributed by atoms with Gasteiger partial charge in [-0.15, -0.1) is 0 Å². The molecule has 0 saturated carbocycles. The minimum Gasteiger partial charge on any atom is -0.373 e. The molecule has 0 amide bonds. The molecular weight excluding hydrogens is 339 g/mol. The molecule has 140 valence electrons. The summed E-state index contributed by atoms with van der Waals surface area (Å²) in [4.78, 5) is 28.1. The van der Waals surface area contributed by atoms with Crippen LogP contribution >= 0.6 is 0 Å². The summed E-state index contributed by atoms with van der Waals surface area (Å²) in [5.41, 5.74) is 0.240. The second kappa shape index (κ2) is 7.77. The Bertz CT molecular complexity index is 827. The highest BCUT2D eigenvalue weighted by molar-refractivity contribution is 5.42. The molecule has 3 rings (SSSR count). The molecule has 0 aliphatic carbocycles. The number of aryl methyl sites for hydroxylation is 2. The molecule has 0 radical (unpaired) electrons. The molecule has 1 aliphatic heterocycles. The highest BCUT2D eigenvalue weighted by atomic mass is 19.1. The van der Waals surface area contributed by atoms with Crippen LogP contribution in [0.25, 0.3) is 0 Å². The van der Waals surface area contributed by atoms with Crippen LogP contribution in [0.2, 0.25) is 0 Å². The van der Waals surface area contributed by atoms with E-state index in [-0.39, 0.29) is 17.5 Å². The highest BCUT2D eigenvalue weighted by Crippen LogP contribution is 2.21. The Morgan fingerprint density at radius 2 is 2.19 bits per heavy atom. The molecule has 1 saturated heterocycles. The largest absolute Gasteiger partial charge is 0.373 e. The minimum atomic E-state index is -0.373. The van der Waals surface area contributed by atoms with Crippen LogP contribution in [0.3, 0.4) is 0 Å². The zero-order chi connectivity index (χ0) is 18.7. The van der Waals surface area contributed by atoms with Crippen molar-refractivity contribution >= 4 is 11.6 Å². The maximum absolute atomic E-state index is 14.5. The van der Waals surface area contributed by atoms with Crippen molar-refractivity contribution in [3.05, 3.63) is 40.6 Å². The smallest absolute Gasteiger partial charge is 0.293 e. The number of nitrogens with zero attached hydrogens (tertiary/aromatic N) is 6. The second-order valence-corrected chi connectivity index (χ2v) is 6.30. The molecule has 26 heavy (non-hydrogen) atoms. The molecule has 1 aliphatic rings. The number of ether oxygens (including phenoxy) is 1. The van der Waals surface area contributed by atoms with Gasteiger partial charge >= 0.3 is 0 Å². The molecule has 0 bridgehead atoms. The number of aromatic nitrogens is 4. The van der Waals surface area contributed by atoms with Crippen molar-refractivity contribution in [2.75, 3.05) is 43.1 Å². The van der Waals surface area contributed by atoms with E-state index in [1.807, 2.05) is 11.8 Å². The first kappa shape index (κ1) is 18.2. The Labute approximate surface area is 151 Å². The molecule has 9 heteroatoms. The summed E-state index contributed by atoms with van der Waals surface area (Å²) in [7, 11) is 3.48. The predicted octanol–water partition coefficient (Wildman–Crippen LogP) is 0.613. The fourth-order valence-corrected chi connectivity index (χ4v) is 3.02. The van der Waals surface area contributed by atoms with Crippen LogP contribution in [0.15, 0.2) is 23.5 Å². The van der Waals surface area contributed by atoms with E-state index in [4.69, 9.17) is 4.74 Å². The second-order valence-electron chi connectivity index (χ2n) is 6.30. The maximum Gasteiger partial charge on any atom is 0.293 e. The Morgan fingerprint density at radius 1 is 1.38 bits per heavy atom. The number of hydrogen-bond donors (Lipinski definition) is 0. The van der Waals surface area contributed by atoms with Gasteiger partial charge < -0.3 is 19.1 Å². The fraction of sp³-hybridized carbons (Fsp3) is 0.529. The van der Waals surface area contributed by atoms with Gasteiger partial charge in [0.1, 0.15) is 6.33 Å². The first-order chi connectivity index (χ1) is 12.5. The van der Waals surface area contributed by atoms with Crippen LogP contribution < -0.4 is 15.4 Å². The zero-order valence-electron chi connectivity index (χ0n) is 15.2. The van der Waals surface area contributed by atoms with E-state index < -0.39 is 0 Å². The van der Waals surface area contributed by atoms with Crippen LogP contribution in [-0.2, 0) is 18.2 Å². The standard InChI is InChI=1S/C17H23FN6O2/c1-4-13-14(18)15(21-11-20-13)24-7-8-26-12(10-24)9-23(3)16-17(25)22(2)6-5-19-16/h5-6,11-12H,4,7-10H2,1-3H3/t12-/m0/s1. The molecule has 0 aromatic carbocycles. The lowest BCUT2D eigenvalue weighted by atomic mass is 10.2. The maximum atomic E-state index is 14.5. The summed E-state index contributed by atoms with van der Waals surface area (Å²) in [5.74, 6) is 0.293. The predicted molar refractivity (Wildman–Crippen MR) is 96.1 cm³/mol. The fourth-order valence-electron chi connectivity index (χ4n) is 3.02. The molecule has 1 fully saturated rings. The van der Waals surface area contributed by atoms with E-state index in [0.717, 1.165) is 0 Å². The van der Waals surface area contributed by atoms with Crippen LogP contribution in [-0.4, -0.2) is 58.9 Å². The first-order valence-corrected chi connectivity index (χ1v) is 8.60. The highest BCUT2D eigenvalue weighted by Gasteiger charge is 2.26. The Balaban J connectivity index is 1.73. The van der Waals surface area contributed by atoms with Crippen LogP contribution in [0.1, 0.15) is 12.6 Å². The summed E-state index contributed by atoms with van der Waals surface area (Å²) in [6.45, 7) is 3.83. The minimum absolute atomic E-state index is 0.169. The monoisotopic (exact) mass is 362 g/mol. The molecule has 2 aromatic rings. The average molecular weight is 362 g/mol. The average Bonchev–Trinajstić information content (AvgIpc) is 2.64. The Kier molecular flexibility index (Phi) is 5.46. The van der Waals surface area contributed by atoms with Gasteiger partial charge in [0.05, 0.1) is 18.4 Å². The lowest BCUT2D eigenvalue weighted by Gasteiger charge is -2.35. The van der Waals surface area contributed by atoms with E-state index >= 15 is 0 Å². The summed E-state index contributed by atoms with van der Waals surface area (Å²) in [6.07, 6.45) is 4.91. The van der Waals surface area contributed by atoms with E-state index in [9.17, 15) is 9.18 Å². The van der Waals surface area contributed by atoms with Crippen molar-refractivity contribution in [3.8, 4) is 0 Å². The summed E-state index contributed by atoms with van der Waals surface area (Å²) >= 11 is 0. The molecular formula is C17H23FN6O2. The van der Waals surface area contributed by atoms with E-state index in [0.29, 0.717) is 50.0 Å². The van der Waals surface area contributed by atoms with Crippen LogP contribution in [0, 0.1) is 5.82 Å². The van der Waals surface area contributed by atoms with Gasteiger partial charge in [-0.3, -0.25) is 4.79 Å². The van der Waals surface area contributed by atoms with Crippen molar-refractivity contribution in [3.63, 3.8) is 0 Å². The van der Waals surface area contributed by atoms with Crippen molar-refractivity contribution in [1.82, 2.24) is 19.5 Å². The van der Waals surface area contributed by atoms with Gasteiger partial charge in [-0.2, -0.15) is 0 Å². The van der Waals surface area contributed by atoms with Crippen molar-refractivity contribution in [1.29, 1.82) is 0 Å². The number of halogens is 1. The van der Waals surface area contributed by atoms with E-state index in [1.54, 1.807) is 31.4 Å². The number of morpholine rings is 1. The first-order valence-electron chi connectivity index (χ1n) is 8.60. The van der Waals surface area contributed by atoms with Crippen LogP contribution in [0.4, 0.5) is 16.0 Å². The van der Waals surface area contributed by atoms with Gasteiger partial charge in [0.15, 0.2) is 17.5 Å². The van der Waals surface area contributed by atoms with Crippen molar-refractivity contribution in [2.45, 2.75) is 19.4 Å². The molecule has 1 atom stereocenters. The molecule has 0 spiro atoms. The van der Waals surface area contributed by atoms with Gasteiger partial charge in [0.25, 0.3) is 5.56 Å². The van der Waals surface area contributed by atoms with Gasteiger partial charge in [-0.05, 0) is 6.42 Å². The quantitative estimate of drug-likeness (QED) is 0.771. The van der Waals surface area contributed by atoms with E-state index in [2.05, 4.69) is 15.0 Å². The van der Waals surface area contributed by atoms with Gasteiger partial charge in [-0.1, -0.05) is 6.92 Å². The zero-order valence-corrected chi connectivity index (χ0v) is 15.2. The normalized spacial score (nSPS) is 17.4. The van der Waals surface area contributed by atoms with Crippen molar-refractivity contribution in [2.24, 2.45) is 7.05 Å². The van der Waals surface area contributed by atoms with Gasteiger partial charge in [0.2, 0.25) is 0 Å². The van der Waals surface area contributed by atoms with Gasteiger partial charge in [0, 0.05) is 46.1 Å². The van der Waals surface area contributed by atoms with E-state index in [1.165, 1.54) is 10.9 Å². The Morgan fingerprint density at radius 3 is 2.96 bits per heavy atom. The number of rotatable bonds is 5. The summed E-state index contributed by atoms with van der Waals surface area (Å²) in [5, 5.41) is 0. The molecule has 0 unspecified atom stereocenters. The topological polar surface area (TPSA) is 76.4 Å². The molecule has 8 nitrogen and oxygen atoms in total.